The number of nitrogens with two attached hydrogens (primary N) is 1. The maximum absolute atomic E-state index is 13.2. The van der Waals surface area contributed by atoms with Crippen LogP contribution in [0.15, 0.2) is 33.9 Å². The summed E-state index contributed by atoms with van der Waals surface area (Å²) in [6, 6.07) is 9.41. The van der Waals surface area contributed by atoms with Gasteiger partial charge in [0.25, 0.3) is 5.56 Å². The molecular weight excluding hydrogens is 403 g/mol. The van der Waals surface area contributed by atoms with E-state index in [1.54, 1.807) is 0 Å². The van der Waals surface area contributed by atoms with Crippen LogP contribution in [0, 0.1) is 28.5 Å². The van der Waals surface area contributed by atoms with Crippen LogP contribution < -0.4 is 22.3 Å². The van der Waals surface area contributed by atoms with Crippen LogP contribution in [-0.2, 0) is 20.5 Å². The lowest BCUT2D eigenvalue weighted by molar-refractivity contribution is 0.627. The first kappa shape index (κ1) is 21.3. The summed E-state index contributed by atoms with van der Waals surface area (Å²) in [5, 5.41) is 26.1. The van der Waals surface area contributed by atoms with Gasteiger partial charge in [-0.15, -0.1) is 0 Å². The number of nitrogen functional groups attached to an aromatic ring is 1. The van der Waals surface area contributed by atoms with Gasteiger partial charge in [0, 0.05) is 20.6 Å². The van der Waals surface area contributed by atoms with E-state index in [0.29, 0.717) is 30.8 Å². The van der Waals surface area contributed by atoms with Gasteiger partial charge < -0.3 is 11.1 Å². The van der Waals surface area contributed by atoms with Crippen LogP contribution in [0.5, 0.6) is 0 Å². The molecule has 31 heavy (non-hydrogen) atoms. The molecule has 0 aliphatic rings. The Kier molecular flexibility index (Phi) is 5.88. The minimum atomic E-state index is -0.675. The molecule has 0 aliphatic heterocycles. The Bertz CT molecular complexity index is 1340. The standard InChI is InChI=1S/C20H19FN8O2/c1-27-18(15(11-23)19(30)28(2)20(27)31)25-9-3-4-16-14(10-22)17(24)29(26-16)13-7-5-12(21)6-8-13/h5-8,25H,3-4,9,24H2,1-2H3. The second-order valence-electron chi connectivity index (χ2n) is 6.78. The fraction of sp³-hybridized carbons (Fsp3) is 0.250. The number of benzene rings is 1. The van der Waals surface area contributed by atoms with Gasteiger partial charge in [0.1, 0.15) is 35.2 Å². The molecule has 0 spiro atoms. The van der Waals surface area contributed by atoms with Gasteiger partial charge >= 0.3 is 5.69 Å². The lowest BCUT2D eigenvalue weighted by Gasteiger charge is -2.13. The van der Waals surface area contributed by atoms with Crippen LogP contribution in [0.4, 0.5) is 16.0 Å². The number of nitrogens with zero attached hydrogens (tertiary/aromatic N) is 6. The number of anilines is 2. The molecule has 0 saturated carbocycles. The Morgan fingerprint density at radius 2 is 1.74 bits per heavy atom. The Hall–Kier alpha value is -4.38. The summed E-state index contributed by atoms with van der Waals surface area (Å²) in [4.78, 5) is 24.2. The zero-order valence-corrected chi connectivity index (χ0v) is 16.9. The van der Waals surface area contributed by atoms with Crippen molar-refractivity contribution in [3.05, 3.63) is 67.7 Å². The number of nitrogens with one attached hydrogen (secondary N) is 1. The van der Waals surface area contributed by atoms with Gasteiger partial charge in [0.05, 0.1) is 11.4 Å². The predicted octanol–water partition coefficient (Wildman–Crippen LogP) is 0.779. The number of hydrogen-bond acceptors (Lipinski definition) is 7. The zero-order valence-electron chi connectivity index (χ0n) is 16.9. The molecule has 0 atom stereocenters. The molecule has 2 aromatic heterocycles. The second-order valence-corrected chi connectivity index (χ2v) is 6.78. The Morgan fingerprint density at radius 3 is 2.35 bits per heavy atom. The molecule has 2 heterocycles. The van der Waals surface area contributed by atoms with Crippen molar-refractivity contribution >= 4 is 11.6 Å². The van der Waals surface area contributed by atoms with E-state index in [9.17, 15) is 24.5 Å². The van der Waals surface area contributed by atoms with Crippen LogP contribution in [-0.4, -0.2) is 25.5 Å². The van der Waals surface area contributed by atoms with Crippen molar-refractivity contribution in [1.82, 2.24) is 18.9 Å². The van der Waals surface area contributed by atoms with Crippen molar-refractivity contribution in [3.63, 3.8) is 0 Å². The largest absolute Gasteiger partial charge is 0.382 e. The van der Waals surface area contributed by atoms with Crippen molar-refractivity contribution < 1.29 is 4.39 Å². The molecule has 0 unspecified atom stereocenters. The zero-order chi connectivity index (χ0) is 22.7. The molecule has 3 N–H and O–H groups in total. The second kappa shape index (κ2) is 8.55. The fourth-order valence-corrected chi connectivity index (χ4v) is 3.17. The number of nitriles is 2. The maximum atomic E-state index is 13.2. The van der Waals surface area contributed by atoms with Gasteiger partial charge in [-0.05, 0) is 37.1 Å². The first-order valence-corrected chi connectivity index (χ1v) is 9.27. The van der Waals surface area contributed by atoms with E-state index >= 15 is 0 Å². The Balaban J connectivity index is 1.78. The first-order valence-electron chi connectivity index (χ1n) is 9.27. The van der Waals surface area contributed by atoms with Crippen molar-refractivity contribution in [2.75, 3.05) is 17.6 Å². The van der Waals surface area contributed by atoms with Crippen LogP contribution in [0.3, 0.4) is 0 Å². The Morgan fingerprint density at radius 1 is 1.10 bits per heavy atom. The third-order valence-electron chi connectivity index (χ3n) is 4.84. The highest BCUT2D eigenvalue weighted by atomic mass is 19.1. The molecule has 158 valence electrons. The number of hydrogen-bond donors (Lipinski definition) is 2. The van der Waals surface area contributed by atoms with E-state index in [-0.39, 0.29) is 22.8 Å². The predicted molar refractivity (Wildman–Crippen MR) is 111 cm³/mol. The smallest absolute Gasteiger partial charge is 0.332 e. The lowest BCUT2D eigenvalue weighted by atomic mass is 10.1. The van der Waals surface area contributed by atoms with Gasteiger partial charge in [-0.2, -0.15) is 15.6 Å². The number of rotatable bonds is 6. The normalized spacial score (nSPS) is 10.5. The highest BCUT2D eigenvalue weighted by Gasteiger charge is 2.17. The minimum absolute atomic E-state index is 0.132. The fourth-order valence-electron chi connectivity index (χ4n) is 3.17. The van der Waals surface area contributed by atoms with Crippen LogP contribution in [0.1, 0.15) is 23.2 Å². The van der Waals surface area contributed by atoms with Crippen molar-refractivity contribution in [2.45, 2.75) is 12.8 Å². The summed E-state index contributed by atoms with van der Waals surface area (Å²) < 4.78 is 16.6. The molecule has 0 saturated heterocycles. The molecule has 0 radical (unpaired) electrons. The number of halogens is 1. The lowest BCUT2D eigenvalue weighted by Crippen LogP contribution is -2.40. The average molecular weight is 422 g/mol. The molecule has 0 aliphatic carbocycles. The molecule has 0 bridgehead atoms. The SMILES string of the molecule is Cn1c(NCCCc2nn(-c3ccc(F)cc3)c(N)c2C#N)c(C#N)c(=O)n(C)c1=O. The first-order chi connectivity index (χ1) is 14.8. The van der Waals surface area contributed by atoms with Gasteiger partial charge in [-0.1, -0.05) is 0 Å². The number of aromatic nitrogens is 4. The summed E-state index contributed by atoms with van der Waals surface area (Å²) in [5.74, 6) is -0.117. The highest BCUT2D eigenvalue weighted by molar-refractivity contribution is 5.56. The summed E-state index contributed by atoms with van der Waals surface area (Å²) in [6.45, 7) is 0.309. The highest BCUT2D eigenvalue weighted by Crippen LogP contribution is 2.22. The maximum Gasteiger partial charge on any atom is 0.332 e. The van der Waals surface area contributed by atoms with E-state index in [0.717, 1.165) is 4.57 Å². The molecule has 0 amide bonds. The third kappa shape index (κ3) is 3.89. The van der Waals surface area contributed by atoms with E-state index in [4.69, 9.17) is 5.73 Å². The summed E-state index contributed by atoms with van der Waals surface area (Å²) in [7, 11) is 2.77. The molecule has 1 aromatic carbocycles. The summed E-state index contributed by atoms with van der Waals surface area (Å²) in [5.41, 5.74) is 5.86. The van der Waals surface area contributed by atoms with E-state index in [1.165, 1.54) is 47.6 Å². The molecule has 0 fully saturated rings. The Labute approximate surface area is 176 Å². The minimum Gasteiger partial charge on any atom is -0.382 e. The quantitative estimate of drug-likeness (QED) is 0.558. The third-order valence-corrected chi connectivity index (χ3v) is 4.84. The molecule has 10 nitrogen and oxygen atoms in total. The topological polar surface area (TPSA) is 147 Å². The monoisotopic (exact) mass is 422 g/mol. The van der Waals surface area contributed by atoms with Crippen molar-refractivity contribution in [3.8, 4) is 17.8 Å². The van der Waals surface area contributed by atoms with Crippen LogP contribution in [0.25, 0.3) is 5.69 Å². The molecule has 3 aromatic rings. The number of aryl methyl sites for hydroxylation is 1. The van der Waals surface area contributed by atoms with Gasteiger partial charge in [0.15, 0.2) is 5.56 Å². The van der Waals surface area contributed by atoms with E-state index < -0.39 is 17.1 Å². The average Bonchev–Trinajstić information content (AvgIpc) is 3.08. The van der Waals surface area contributed by atoms with Crippen LogP contribution >= 0.6 is 0 Å². The van der Waals surface area contributed by atoms with Gasteiger partial charge in [-0.3, -0.25) is 13.9 Å². The van der Waals surface area contributed by atoms with Crippen molar-refractivity contribution in [1.29, 1.82) is 10.5 Å². The van der Waals surface area contributed by atoms with Crippen LogP contribution in [0.2, 0.25) is 0 Å². The molecule has 11 heteroatoms. The molecule has 3 rings (SSSR count). The van der Waals surface area contributed by atoms with Crippen molar-refractivity contribution in [2.24, 2.45) is 14.1 Å². The van der Waals surface area contributed by atoms with Gasteiger partial charge in [-0.25, -0.2) is 13.9 Å². The van der Waals surface area contributed by atoms with E-state index in [1.807, 2.05) is 12.1 Å². The van der Waals surface area contributed by atoms with Gasteiger partial charge in [0.2, 0.25) is 0 Å². The summed E-state index contributed by atoms with van der Waals surface area (Å²) >= 11 is 0. The molecular formula is C20H19FN8O2. The summed E-state index contributed by atoms with van der Waals surface area (Å²) in [6.07, 6.45) is 0.845. The van der Waals surface area contributed by atoms with E-state index in [2.05, 4.69) is 10.4 Å².